The van der Waals surface area contributed by atoms with E-state index in [0.717, 1.165) is 24.0 Å². The van der Waals surface area contributed by atoms with Gasteiger partial charge in [0.15, 0.2) is 0 Å². The zero-order valence-electron chi connectivity index (χ0n) is 11.2. The SMILES string of the molecule is C=Cc1ccc(Cn2ccn(C3CC3)c(=O)c2=O)cc1. The van der Waals surface area contributed by atoms with Crippen LogP contribution in [0.4, 0.5) is 0 Å². The van der Waals surface area contributed by atoms with Gasteiger partial charge >= 0.3 is 11.1 Å². The Bertz CT molecular complexity index is 749. The van der Waals surface area contributed by atoms with Gasteiger partial charge in [-0.3, -0.25) is 9.59 Å². The molecule has 1 aromatic heterocycles. The van der Waals surface area contributed by atoms with Crippen molar-refractivity contribution in [1.82, 2.24) is 9.13 Å². The smallest absolute Gasteiger partial charge is 0.306 e. The molecule has 1 aliphatic rings. The maximum atomic E-state index is 12.1. The van der Waals surface area contributed by atoms with E-state index in [2.05, 4.69) is 6.58 Å². The van der Waals surface area contributed by atoms with Gasteiger partial charge in [0.2, 0.25) is 0 Å². The largest absolute Gasteiger partial charge is 0.316 e. The third-order valence-electron chi connectivity index (χ3n) is 3.59. The first-order chi connectivity index (χ1) is 9.69. The van der Waals surface area contributed by atoms with Crippen LogP contribution in [0.2, 0.25) is 0 Å². The normalized spacial score (nSPS) is 14.2. The molecule has 2 aromatic rings. The number of rotatable bonds is 4. The Morgan fingerprint density at radius 2 is 1.80 bits per heavy atom. The lowest BCUT2D eigenvalue weighted by Crippen LogP contribution is -2.40. The van der Waals surface area contributed by atoms with Crippen molar-refractivity contribution >= 4 is 6.08 Å². The van der Waals surface area contributed by atoms with E-state index in [4.69, 9.17) is 0 Å². The van der Waals surface area contributed by atoms with Gasteiger partial charge in [0.25, 0.3) is 0 Å². The zero-order valence-corrected chi connectivity index (χ0v) is 11.2. The second-order valence-electron chi connectivity index (χ2n) is 5.12. The summed E-state index contributed by atoms with van der Waals surface area (Å²) in [5.74, 6) is 0. The molecule has 102 valence electrons. The van der Waals surface area contributed by atoms with Gasteiger partial charge in [-0.05, 0) is 24.0 Å². The highest BCUT2D eigenvalue weighted by molar-refractivity contribution is 5.47. The molecular formula is C16H16N2O2. The first-order valence-corrected chi connectivity index (χ1v) is 6.72. The molecule has 4 heteroatoms. The highest BCUT2D eigenvalue weighted by atomic mass is 16.2. The van der Waals surface area contributed by atoms with E-state index >= 15 is 0 Å². The standard InChI is InChI=1S/C16H16N2O2/c1-2-12-3-5-13(6-4-12)11-17-9-10-18(14-7-8-14)16(20)15(17)19/h2-6,9-10,14H,1,7-8,11H2. The minimum Gasteiger partial charge on any atom is -0.306 e. The van der Waals surface area contributed by atoms with E-state index in [9.17, 15) is 9.59 Å². The second kappa shape index (κ2) is 4.96. The molecule has 0 bridgehead atoms. The molecule has 3 rings (SSSR count). The van der Waals surface area contributed by atoms with Gasteiger partial charge in [0.05, 0.1) is 6.54 Å². The Morgan fingerprint density at radius 1 is 1.10 bits per heavy atom. The summed E-state index contributed by atoms with van der Waals surface area (Å²) in [7, 11) is 0. The molecule has 0 radical (unpaired) electrons. The van der Waals surface area contributed by atoms with Crippen LogP contribution in [0.25, 0.3) is 6.08 Å². The van der Waals surface area contributed by atoms with Gasteiger partial charge in [-0.25, -0.2) is 0 Å². The van der Waals surface area contributed by atoms with Crippen molar-refractivity contribution in [2.24, 2.45) is 0 Å². The number of benzene rings is 1. The van der Waals surface area contributed by atoms with E-state index in [1.165, 1.54) is 4.57 Å². The molecule has 0 unspecified atom stereocenters. The Hall–Kier alpha value is -2.36. The minimum atomic E-state index is -0.452. The molecule has 1 aromatic carbocycles. The van der Waals surface area contributed by atoms with Crippen LogP contribution in [0.3, 0.4) is 0 Å². The summed E-state index contributed by atoms with van der Waals surface area (Å²) in [6, 6.07) is 8.00. The maximum Gasteiger partial charge on any atom is 0.316 e. The van der Waals surface area contributed by atoms with Crippen molar-refractivity contribution in [2.45, 2.75) is 25.4 Å². The van der Waals surface area contributed by atoms with Gasteiger partial charge in [0, 0.05) is 18.4 Å². The van der Waals surface area contributed by atoms with E-state index in [1.807, 2.05) is 24.3 Å². The van der Waals surface area contributed by atoms with Gasteiger partial charge in [-0.15, -0.1) is 0 Å². The molecule has 1 fully saturated rings. The van der Waals surface area contributed by atoms with Crippen LogP contribution in [-0.4, -0.2) is 9.13 Å². The fourth-order valence-electron chi connectivity index (χ4n) is 2.24. The van der Waals surface area contributed by atoms with Crippen LogP contribution < -0.4 is 11.1 Å². The Balaban J connectivity index is 1.90. The van der Waals surface area contributed by atoms with E-state index in [1.54, 1.807) is 23.0 Å². The summed E-state index contributed by atoms with van der Waals surface area (Å²) in [5, 5.41) is 0. The number of aromatic nitrogens is 2. The monoisotopic (exact) mass is 268 g/mol. The van der Waals surface area contributed by atoms with Crippen molar-refractivity contribution in [1.29, 1.82) is 0 Å². The fraction of sp³-hybridized carbons (Fsp3) is 0.250. The van der Waals surface area contributed by atoms with Crippen LogP contribution in [0.15, 0.2) is 52.8 Å². The maximum absolute atomic E-state index is 12.1. The molecular weight excluding hydrogens is 252 g/mol. The van der Waals surface area contributed by atoms with Crippen LogP contribution in [0, 0.1) is 0 Å². The quantitative estimate of drug-likeness (QED) is 0.796. The molecule has 4 nitrogen and oxygen atoms in total. The van der Waals surface area contributed by atoms with Crippen molar-refractivity contribution in [3.8, 4) is 0 Å². The summed E-state index contributed by atoms with van der Waals surface area (Å²) in [5.41, 5.74) is 1.15. The Morgan fingerprint density at radius 3 is 2.40 bits per heavy atom. The van der Waals surface area contributed by atoms with Gasteiger partial charge < -0.3 is 9.13 Å². The number of nitrogens with zero attached hydrogens (tertiary/aromatic N) is 2. The summed E-state index contributed by atoms with van der Waals surface area (Å²) >= 11 is 0. The average Bonchev–Trinajstić information content (AvgIpc) is 3.29. The van der Waals surface area contributed by atoms with E-state index < -0.39 is 11.1 Å². The zero-order chi connectivity index (χ0) is 14.1. The molecule has 20 heavy (non-hydrogen) atoms. The van der Waals surface area contributed by atoms with Gasteiger partial charge in [0.1, 0.15) is 0 Å². The molecule has 0 saturated heterocycles. The lowest BCUT2D eigenvalue weighted by Gasteiger charge is -2.08. The molecule has 0 aliphatic heterocycles. The molecule has 1 heterocycles. The van der Waals surface area contributed by atoms with Gasteiger partial charge in [-0.1, -0.05) is 36.9 Å². The molecule has 0 N–H and O–H groups in total. The third kappa shape index (κ3) is 2.37. The van der Waals surface area contributed by atoms with Crippen molar-refractivity contribution < 1.29 is 0 Å². The van der Waals surface area contributed by atoms with Crippen molar-refractivity contribution in [2.75, 3.05) is 0 Å². The molecule has 0 spiro atoms. The summed E-state index contributed by atoms with van der Waals surface area (Å²) in [6.45, 7) is 4.12. The van der Waals surface area contributed by atoms with Gasteiger partial charge in [-0.2, -0.15) is 0 Å². The Labute approximate surface area is 116 Å². The first-order valence-electron chi connectivity index (χ1n) is 6.72. The average molecular weight is 268 g/mol. The first kappa shape index (κ1) is 12.7. The second-order valence-corrected chi connectivity index (χ2v) is 5.12. The highest BCUT2D eigenvalue weighted by Crippen LogP contribution is 2.32. The van der Waals surface area contributed by atoms with E-state index in [0.29, 0.717) is 6.54 Å². The minimum absolute atomic E-state index is 0.233. The lowest BCUT2D eigenvalue weighted by atomic mass is 10.1. The lowest BCUT2D eigenvalue weighted by molar-refractivity contribution is 0.640. The topological polar surface area (TPSA) is 44.0 Å². The Kier molecular flexibility index (Phi) is 3.14. The number of hydrogen-bond donors (Lipinski definition) is 0. The van der Waals surface area contributed by atoms with E-state index in [-0.39, 0.29) is 6.04 Å². The molecule has 1 aliphatic carbocycles. The predicted molar refractivity (Wildman–Crippen MR) is 78.9 cm³/mol. The summed E-state index contributed by atoms with van der Waals surface area (Å²) in [4.78, 5) is 24.0. The molecule has 0 atom stereocenters. The summed E-state index contributed by atoms with van der Waals surface area (Å²) < 4.78 is 3.02. The van der Waals surface area contributed by atoms with Crippen LogP contribution >= 0.6 is 0 Å². The highest BCUT2D eigenvalue weighted by Gasteiger charge is 2.25. The molecule has 1 saturated carbocycles. The fourth-order valence-corrected chi connectivity index (χ4v) is 2.24. The molecule has 0 amide bonds. The third-order valence-corrected chi connectivity index (χ3v) is 3.59. The number of hydrogen-bond acceptors (Lipinski definition) is 2. The van der Waals surface area contributed by atoms with Crippen LogP contribution in [0.1, 0.15) is 30.0 Å². The predicted octanol–water partition coefficient (Wildman–Crippen LogP) is 2.04. The van der Waals surface area contributed by atoms with Crippen molar-refractivity contribution in [3.05, 3.63) is 75.1 Å². The van der Waals surface area contributed by atoms with Crippen molar-refractivity contribution in [3.63, 3.8) is 0 Å². The van der Waals surface area contributed by atoms with Crippen LogP contribution in [0.5, 0.6) is 0 Å². The summed E-state index contributed by atoms with van der Waals surface area (Å²) in [6.07, 6.45) is 7.18. The van der Waals surface area contributed by atoms with Crippen LogP contribution in [-0.2, 0) is 6.54 Å².